The maximum Gasteiger partial charge on any atom is 0.253 e. The van der Waals surface area contributed by atoms with Gasteiger partial charge in [0, 0.05) is 40.3 Å². The van der Waals surface area contributed by atoms with Gasteiger partial charge in [0.05, 0.1) is 22.9 Å². The Hall–Kier alpha value is -3.30. The van der Waals surface area contributed by atoms with Gasteiger partial charge >= 0.3 is 0 Å². The number of thioether (sulfide) groups is 2. The van der Waals surface area contributed by atoms with Gasteiger partial charge in [-0.1, -0.05) is 34.9 Å². The third-order valence-electron chi connectivity index (χ3n) is 4.52. The van der Waals surface area contributed by atoms with Crippen molar-refractivity contribution in [1.82, 2.24) is 21.0 Å². The molecule has 0 aromatic carbocycles. The molecule has 0 saturated heterocycles. The summed E-state index contributed by atoms with van der Waals surface area (Å²) in [4.78, 5) is 28.4. The third-order valence-corrected chi connectivity index (χ3v) is 7.81. The molecule has 3 aromatic heterocycles. The number of rotatable bonds is 12. The van der Waals surface area contributed by atoms with Crippen LogP contribution in [-0.2, 0) is 9.59 Å². The summed E-state index contributed by atoms with van der Waals surface area (Å²) < 4.78 is 12.3. The Morgan fingerprint density at radius 3 is 1.59 bits per heavy atom. The molecule has 0 spiro atoms. The Balaban J connectivity index is 1.43. The number of nitrogens with one attached hydrogen (secondary N) is 2. The minimum absolute atomic E-state index is 0.287. The maximum absolute atomic E-state index is 12.4. The third kappa shape index (κ3) is 8.65. The first-order valence-electron chi connectivity index (χ1n) is 11.0. The molecule has 0 aliphatic heterocycles. The van der Waals surface area contributed by atoms with Crippen LogP contribution >= 0.6 is 34.9 Å². The Labute approximate surface area is 226 Å². The van der Waals surface area contributed by atoms with E-state index in [1.54, 1.807) is 26.0 Å². The lowest BCUT2D eigenvalue weighted by Gasteiger charge is -2.07. The zero-order chi connectivity index (χ0) is 26.9. The molecule has 0 fully saturated rings. The summed E-state index contributed by atoms with van der Waals surface area (Å²) in [6, 6.07) is 7.15. The van der Waals surface area contributed by atoms with Gasteiger partial charge in [0.2, 0.25) is 0 Å². The molecule has 0 bridgehead atoms. The van der Waals surface area contributed by atoms with Gasteiger partial charge in [0.15, 0.2) is 20.4 Å². The van der Waals surface area contributed by atoms with Gasteiger partial charge in [-0.3, -0.25) is 9.59 Å². The van der Waals surface area contributed by atoms with Crippen LogP contribution in [0.15, 0.2) is 52.0 Å². The van der Waals surface area contributed by atoms with Crippen LogP contribution in [0.5, 0.6) is 0 Å². The summed E-state index contributed by atoms with van der Waals surface area (Å²) in [6.45, 7) is 3.49. The Morgan fingerprint density at radius 1 is 0.838 bits per heavy atom. The highest BCUT2D eigenvalue weighted by Gasteiger charge is 2.20. The molecule has 2 N–H and O–H groups in total. The van der Waals surface area contributed by atoms with Crippen molar-refractivity contribution in [2.75, 3.05) is 38.0 Å². The molecular weight excluding hydrogens is 536 g/mol. The van der Waals surface area contributed by atoms with E-state index in [0.717, 1.165) is 0 Å². The number of carbonyl (C=O) groups excluding carboxylic acids is 2. The molecular formula is C22H28N8O4S3. The molecule has 3 rings (SSSR count). The van der Waals surface area contributed by atoms with Crippen LogP contribution in [0.2, 0.25) is 0 Å². The standard InChI is InChI=1S/C22H28N8O4S3/c1-13(19(31)25-23-11-15-7-9-17(33-15)29(3)4)35-21-27-28-22(37-21)36-14(2)20(32)26-24-12-16-8-10-18(34-16)30(5)6/h7-14H,1-6H3,(H,25,31)(H,26,32)/b23-11-,24-12-/t13-,14+. The highest BCUT2D eigenvalue weighted by Crippen LogP contribution is 2.33. The highest BCUT2D eigenvalue weighted by atomic mass is 32.2. The van der Waals surface area contributed by atoms with Crippen molar-refractivity contribution in [3.63, 3.8) is 0 Å². The first-order chi connectivity index (χ1) is 17.6. The number of hydrogen-bond donors (Lipinski definition) is 2. The highest BCUT2D eigenvalue weighted by molar-refractivity contribution is 8.04. The molecule has 198 valence electrons. The van der Waals surface area contributed by atoms with Crippen LogP contribution in [-0.4, -0.2) is 73.1 Å². The fourth-order valence-corrected chi connectivity index (χ4v) is 5.80. The number of amides is 2. The Morgan fingerprint density at radius 2 is 1.24 bits per heavy atom. The molecule has 0 aliphatic rings. The normalized spacial score (nSPS) is 13.1. The molecule has 2 amide bonds. The zero-order valence-electron chi connectivity index (χ0n) is 21.2. The number of nitrogens with zero attached hydrogens (tertiary/aromatic N) is 6. The number of anilines is 2. The maximum atomic E-state index is 12.4. The van der Waals surface area contributed by atoms with Gasteiger partial charge in [0.1, 0.15) is 11.5 Å². The van der Waals surface area contributed by atoms with Gasteiger partial charge in [0.25, 0.3) is 11.8 Å². The predicted molar refractivity (Wildman–Crippen MR) is 148 cm³/mol. The van der Waals surface area contributed by atoms with Crippen molar-refractivity contribution < 1.29 is 18.4 Å². The van der Waals surface area contributed by atoms with E-state index in [-0.39, 0.29) is 11.8 Å². The molecule has 37 heavy (non-hydrogen) atoms. The lowest BCUT2D eigenvalue weighted by atomic mass is 10.4. The van der Waals surface area contributed by atoms with E-state index in [2.05, 4.69) is 31.3 Å². The van der Waals surface area contributed by atoms with Crippen molar-refractivity contribution in [3.05, 3.63) is 35.8 Å². The van der Waals surface area contributed by atoms with E-state index in [4.69, 9.17) is 8.83 Å². The van der Waals surface area contributed by atoms with Crippen LogP contribution < -0.4 is 20.7 Å². The number of aromatic nitrogens is 2. The average molecular weight is 565 g/mol. The molecule has 12 nitrogen and oxygen atoms in total. The van der Waals surface area contributed by atoms with Crippen LogP contribution in [0.1, 0.15) is 25.4 Å². The molecule has 0 saturated carbocycles. The molecule has 15 heteroatoms. The van der Waals surface area contributed by atoms with Gasteiger partial charge in [-0.2, -0.15) is 10.2 Å². The lowest BCUT2D eigenvalue weighted by molar-refractivity contribution is -0.121. The van der Waals surface area contributed by atoms with E-state index in [9.17, 15) is 9.59 Å². The summed E-state index contributed by atoms with van der Waals surface area (Å²) in [5, 5.41) is 15.2. The summed E-state index contributed by atoms with van der Waals surface area (Å²) in [7, 11) is 7.47. The Kier molecular flexibility index (Phi) is 10.2. The van der Waals surface area contributed by atoms with Crippen LogP contribution in [0.25, 0.3) is 0 Å². The van der Waals surface area contributed by atoms with E-state index in [1.807, 2.05) is 50.1 Å². The second-order valence-electron chi connectivity index (χ2n) is 7.96. The van der Waals surface area contributed by atoms with Crippen LogP contribution in [0.3, 0.4) is 0 Å². The van der Waals surface area contributed by atoms with Crippen molar-refractivity contribution in [2.45, 2.75) is 33.0 Å². The average Bonchev–Trinajstić information content (AvgIpc) is 3.60. The largest absolute Gasteiger partial charge is 0.440 e. The SMILES string of the molecule is C[C@H](Sc1nnc(S[C@H](C)C(=O)N/N=C\c2ccc(N(C)C)o2)s1)C(=O)N/N=C\c1ccc(N(C)C)o1. The molecule has 3 heterocycles. The van der Waals surface area contributed by atoms with Gasteiger partial charge < -0.3 is 18.6 Å². The van der Waals surface area contributed by atoms with E-state index < -0.39 is 10.5 Å². The smallest absolute Gasteiger partial charge is 0.253 e. The fraction of sp³-hybridized carbons (Fsp3) is 0.364. The van der Waals surface area contributed by atoms with Gasteiger partial charge in [-0.25, -0.2) is 10.9 Å². The number of carbonyl (C=O) groups is 2. The lowest BCUT2D eigenvalue weighted by Crippen LogP contribution is -2.26. The second-order valence-corrected chi connectivity index (χ2v) is 12.1. The molecule has 2 atom stereocenters. The van der Waals surface area contributed by atoms with Crippen molar-refractivity contribution in [2.24, 2.45) is 10.2 Å². The van der Waals surface area contributed by atoms with Crippen molar-refractivity contribution in [1.29, 1.82) is 0 Å². The van der Waals surface area contributed by atoms with Crippen molar-refractivity contribution >= 4 is 70.9 Å². The molecule has 3 aromatic rings. The zero-order valence-corrected chi connectivity index (χ0v) is 23.6. The minimum Gasteiger partial charge on any atom is -0.440 e. The summed E-state index contributed by atoms with van der Waals surface area (Å²) >= 11 is 3.81. The monoisotopic (exact) mass is 564 g/mol. The first kappa shape index (κ1) is 28.3. The number of hydrogen-bond acceptors (Lipinski definition) is 13. The summed E-state index contributed by atoms with van der Waals surface area (Å²) in [6.07, 6.45) is 2.88. The quantitative estimate of drug-likeness (QED) is 0.191. The first-order valence-corrected chi connectivity index (χ1v) is 13.6. The number of furan rings is 2. The second kappa shape index (κ2) is 13.3. The fourth-order valence-electron chi connectivity index (χ4n) is 2.51. The van der Waals surface area contributed by atoms with Crippen LogP contribution in [0.4, 0.5) is 11.8 Å². The van der Waals surface area contributed by atoms with Crippen LogP contribution in [0, 0.1) is 0 Å². The molecule has 0 radical (unpaired) electrons. The summed E-state index contributed by atoms with van der Waals surface area (Å²) in [5.41, 5.74) is 4.99. The Bertz CT molecular complexity index is 1160. The van der Waals surface area contributed by atoms with E-state index >= 15 is 0 Å². The molecule has 0 unspecified atom stereocenters. The van der Waals surface area contributed by atoms with E-state index in [0.29, 0.717) is 32.0 Å². The van der Waals surface area contributed by atoms with Gasteiger partial charge in [-0.05, 0) is 26.0 Å². The van der Waals surface area contributed by atoms with E-state index in [1.165, 1.54) is 47.3 Å². The van der Waals surface area contributed by atoms with Gasteiger partial charge in [-0.15, -0.1) is 10.2 Å². The topological polar surface area (TPSA) is 141 Å². The number of hydrazone groups is 2. The minimum atomic E-state index is -0.457. The predicted octanol–water partition coefficient (Wildman–Crippen LogP) is 3.12. The summed E-state index contributed by atoms with van der Waals surface area (Å²) in [5.74, 6) is 1.86. The van der Waals surface area contributed by atoms with Crippen molar-refractivity contribution in [3.8, 4) is 0 Å². The molecule has 0 aliphatic carbocycles.